The van der Waals surface area contributed by atoms with Crippen molar-refractivity contribution in [3.63, 3.8) is 0 Å². The number of piperidine rings is 1. The number of amides is 4. The Labute approximate surface area is 171 Å². The molecule has 9 heteroatoms. The SMILES string of the molecule is CCCCC1NC(SCC(=O)N2CCCCC2)C2C(=O)N(C)C(=O)N(C)C2N1. The Balaban J connectivity index is 1.70. The van der Waals surface area contributed by atoms with Crippen molar-refractivity contribution in [1.29, 1.82) is 0 Å². The van der Waals surface area contributed by atoms with Gasteiger partial charge in [0.2, 0.25) is 11.8 Å². The van der Waals surface area contributed by atoms with Gasteiger partial charge in [-0.1, -0.05) is 19.8 Å². The lowest BCUT2D eigenvalue weighted by Gasteiger charge is -2.50. The summed E-state index contributed by atoms with van der Waals surface area (Å²) in [4.78, 5) is 42.6. The van der Waals surface area contributed by atoms with Gasteiger partial charge in [0.25, 0.3) is 0 Å². The van der Waals surface area contributed by atoms with Crippen LogP contribution >= 0.6 is 11.8 Å². The van der Waals surface area contributed by atoms with Crippen molar-refractivity contribution < 1.29 is 14.4 Å². The summed E-state index contributed by atoms with van der Waals surface area (Å²) in [5.74, 6) is -0.0989. The molecule has 2 N–H and O–H groups in total. The third-order valence-corrected chi connectivity index (χ3v) is 7.17. The number of hydrogen-bond donors (Lipinski definition) is 2. The minimum atomic E-state index is -0.412. The lowest BCUT2D eigenvalue weighted by atomic mass is 9.96. The molecule has 3 heterocycles. The van der Waals surface area contributed by atoms with Gasteiger partial charge in [-0.15, -0.1) is 11.8 Å². The van der Waals surface area contributed by atoms with Crippen molar-refractivity contribution in [2.45, 2.75) is 63.2 Å². The van der Waals surface area contributed by atoms with Gasteiger partial charge in [0.1, 0.15) is 0 Å². The highest BCUT2D eigenvalue weighted by Gasteiger charge is 2.50. The molecule has 3 fully saturated rings. The minimum Gasteiger partial charge on any atom is -0.342 e. The predicted octanol–water partition coefficient (Wildman–Crippen LogP) is 1.23. The fourth-order valence-electron chi connectivity index (χ4n) is 4.24. The Morgan fingerprint density at radius 2 is 1.86 bits per heavy atom. The van der Waals surface area contributed by atoms with Gasteiger partial charge in [-0.05, 0) is 25.7 Å². The third kappa shape index (κ3) is 4.46. The normalized spacial score (nSPS) is 31.2. The van der Waals surface area contributed by atoms with E-state index in [4.69, 9.17) is 0 Å². The maximum Gasteiger partial charge on any atom is 0.327 e. The summed E-state index contributed by atoms with van der Waals surface area (Å²) in [5.41, 5.74) is 0. The van der Waals surface area contributed by atoms with E-state index in [0.29, 0.717) is 5.75 Å². The predicted molar refractivity (Wildman–Crippen MR) is 109 cm³/mol. The van der Waals surface area contributed by atoms with E-state index in [2.05, 4.69) is 17.6 Å². The highest BCUT2D eigenvalue weighted by Crippen LogP contribution is 2.32. The van der Waals surface area contributed by atoms with E-state index in [1.54, 1.807) is 11.9 Å². The van der Waals surface area contributed by atoms with Crippen LogP contribution in [-0.2, 0) is 9.59 Å². The number of carbonyl (C=O) groups is 3. The second-order valence-corrected chi connectivity index (χ2v) is 9.09. The Kier molecular flexibility index (Phi) is 7.22. The minimum absolute atomic E-state index is 0.0234. The van der Waals surface area contributed by atoms with Crippen molar-refractivity contribution in [1.82, 2.24) is 25.3 Å². The number of likely N-dealkylation sites (tertiary alicyclic amines) is 1. The van der Waals surface area contributed by atoms with Crippen LogP contribution in [0.3, 0.4) is 0 Å². The maximum absolute atomic E-state index is 12.9. The molecule has 0 aromatic rings. The third-order valence-electron chi connectivity index (χ3n) is 5.97. The highest BCUT2D eigenvalue weighted by molar-refractivity contribution is 8.00. The molecule has 0 bridgehead atoms. The van der Waals surface area contributed by atoms with Crippen LogP contribution in [0.25, 0.3) is 0 Å². The lowest BCUT2D eigenvalue weighted by Crippen LogP contribution is -2.74. The molecule has 0 aromatic carbocycles. The summed E-state index contributed by atoms with van der Waals surface area (Å²) in [6.07, 6.45) is 6.06. The van der Waals surface area contributed by atoms with E-state index >= 15 is 0 Å². The molecule has 0 radical (unpaired) electrons. The number of nitrogens with one attached hydrogen (secondary N) is 2. The summed E-state index contributed by atoms with van der Waals surface area (Å²) < 4.78 is 0. The molecule has 4 unspecified atom stereocenters. The van der Waals surface area contributed by atoms with Crippen LogP contribution in [0, 0.1) is 5.92 Å². The van der Waals surface area contributed by atoms with Gasteiger partial charge < -0.3 is 9.80 Å². The largest absolute Gasteiger partial charge is 0.342 e. The second kappa shape index (κ2) is 9.45. The first kappa shape index (κ1) is 21.4. The van der Waals surface area contributed by atoms with Crippen LogP contribution in [0.2, 0.25) is 0 Å². The standard InChI is InChI=1S/C19H33N5O3S/c1-4-5-9-13-20-16-15(18(26)23(3)19(27)22(16)2)17(21-13)28-12-14(25)24-10-7-6-8-11-24/h13,15-17,20-21H,4-12H2,1-3H3. The smallest absolute Gasteiger partial charge is 0.327 e. The number of thioether (sulfide) groups is 1. The zero-order valence-corrected chi connectivity index (χ0v) is 18.0. The molecule has 0 aliphatic carbocycles. The summed E-state index contributed by atoms with van der Waals surface area (Å²) in [5, 5.41) is 6.77. The molecule has 4 atom stereocenters. The molecule has 4 amide bonds. The first-order valence-electron chi connectivity index (χ1n) is 10.4. The summed E-state index contributed by atoms with van der Waals surface area (Å²) in [7, 11) is 3.26. The molecule has 0 aromatic heterocycles. The van der Waals surface area contributed by atoms with E-state index in [1.165, 1.54) is 30.1 Å². The van der Waals surface area contributed by atoms with Crippen LogP contribution in [0.1, 0.15) is 45.4 Å². The highest BCUT2D eigenvalue weighted by atomic mass is 32.2. The number of hydrogen-bond acceptors (Lipinski definition) is 6. The van der Waals surface area contributed by atoms with Crippen LogP contribution in [0.5, 0.6) is 0 Å². The summed E-state index contributed by atoms with van der Waals surface area (Å²) in [6.45, 7) is 3.82. The maximum atomic E-state index is 12.9. The Bertz CT molecular complexity index is 598. The number of carbonyl (C=O) groups excluding carboxylic acids is 3. The van der Waals surface area contributed by atoms with Gasteiger partial charge in [-0.25, -0.2) is 4.79 Å². The van der Waals surface area contributed by atoms with Gasteiger partial charge >= 0.3 is 6.03 Å². The fraction of sp³-hybridized carbons (Fsp3) is 0.842. The van der Waals surface area contributed by atoms with Crippen LogP contribution in [0.4, 0.5) is 4.79 Å². The van der Waals surface area contributed by atoms with Crippen molar-refractivity contribution >= 4 is 29.6 Å². The van der Waals surface area contributed by atoms with E-state index < -0.39 is 5.92 Å². The van der Waals surface area contributed by atoms with Gasteiger partial charge in [0.15, 0.2) is 0 Å². The zero-order chi connectivity index (χ0) is 20.3. The number of nitrogens with zero attached hydrogens (tertiary/aromatic N) is 3. The van der Waals surface area contributed by atoms with E-state index in [0.717, 1.165) is 45.2 Å². The van der Waals surface area contributed by atoms with Gasteiger partial charge in [-0.2, -0.15) is 0 Å². The molecule has 158 valence electrons. The number of unbranched alkanes of at least 4 members (excludes halogenated alkanes) is 1. The first-order chi connectivity index (χ1) is 13.4. The molecule has 0 saturated carbocycles. The lowest BCUT2D eigenvalue weighted by molar-refractivity contribution is -0.140. The molecule has 3 aliphatic rings. The average Bonchev–Trinajstić information content (AvgIpc) is 2.73. The topological polar surface area (TPSA) is 85.0 Å². The molecule has 8 nitrogen and oxygen atoms in total. The average molecular weight is 412 g/mol. The van der Waals surface area contributed by atoms with Gasteiger partial charge in [0, 0.05) is 27.2 Å². The molecule has 3 aliphatic heterocycles. The van der Waals surface area contributed by atoms with Crippen LogP contribution < -0.4 is 10.6 Å². The van der Waals surface area contributed by atoms with Crippen molar-refractivity contribution in [3.05, 3.63) is 0 Å². The van der Waals surface area contributed by atoms with Gasteiger partial charge in [0.05, 0.1) is 29.4 Å². The zero-order valence-electron chi connectivity index (χ0n) is 17.1. The van der Waals surface area contributed by atoms with Crippen LogP contribution in [0.15, 0.2) is 0 Å². The van der Waals surface area contributed by atoms with E-state index in [9.17, 15) is 14.4 Å². The summed E-state index contributed by atoms with van der Waals surface area (Å²) >= 11 is 1.50. The quantitative estimate of drug-likeness (QED) is 0.684. The van der Waals surface area contributed by atoms with Gasteiger partial charge in [-0.3, -0.25) is 25.1 Å². The molecule has 3 rings (SSSR count). The molecule has 28 heavy (non-hydrogen) atoms. The van der Waals surface area contributed by atoms with E-state index in [-0.39, 0.29) is 35.6 Å². The van der Waals surface area contributed by atoms with Crippen molar-refractivity contribution in [2.75, 3.05) is 32.9 Å². The first-order valence-corrected chi connectivity index (χ1v) is 11.4. The number of urea groups is 1. The number of imide groups is 1. The van der Waals surface area contributed by atoms with Crippen molar-refractivity contribution in [3.8, 4) is 0 Å². The Morgan fingerprint density at radius 1 is 1.14 bits per heavy atom. The number of rotatable bonds is 6. The Hall–Kier alpha value is -1.32. The molecular weight excluding hydrogens is 378 g/mol. The number of fused-ring (bicyclic) bond motifs is 1. The monoisotopic (exact) mass is 411 g/mol. The van der Waals surface area contributed by atoms with Crippen molar-refractivity contribution in [2.24, 2.45) is 5.92 Å². The summed E-state index contributed by atoms with van der Waals surface area (Å²) in [6, 6.07) is -0.289. The molecule has 0 spiro atoms. The Morgan fingerprint density at radius 3 is 2.54 bits per heavy atom. The fourth-order valence-corrected chi connectivity index (χ4v) is 5.48. The second-order valence-electron chi connectivity index (χ2n) is 7.96. The molecule has 3 saturated heterocycles. The van der Waals surface area contributed by atoms with E-state index in [1.807, 2.05) is 4.90 Å². The van der Waals surface area contributed by atoms with Crippen LogP contribution in [-0.4, -0.2) is 83.2 Å². The molecular formula is C19H33N5O3S.